The van der Waals surface area contributed by atoms with Gasteiger partial charge >= 0.3 is 0 Å². The van der Waals surface area contributed by atoms with Crippen molar-refractivity contribution in [1.82, 2.24) is 25.5 Å². The molecule has 0 bridgehead atoms. The van der Waals surface area contributed by atoms with Crippen molar-refractivity contribution in [2.24, 2.45) is 4.99 Å². The van der Waals surface area contributed by atoms with E-state index in [9.17, 15) is 0 Å². The standard InChI is InChI=1S/C25H32N6OS/c1-31-14-9-19(10-15-31)32-23(24-29-21-7-2-3-8-22(21)30-24)18-5-4-6-20(17-18)33-16-13-28-25-26-11-12-27-25/h2-8,17,19,23H,9-16H2,1H3,(H,29,30)(H2,26,27,28). The Balaban J connectivity index is 1.32. The number of aromatic nitrogens is 2. The quantitative estimate of drug-likeness (QED) is 0.350. The van der Waals surface area contributed by atoms with Crippen LogP contribution in [0.25, 0.3) is 11.0 Å². The highest BCUT2D eigenvalue weighted by Crippen LogP contribution is 2.32. The number of hydrogen-bond donors (Lipinski definition) is 3. The number of aromatic amines is 1. The van der Waals surface area contributed by atoms with Gasteiger partial charge in [0.1, 0.15) is 11.9 Å². The predicted octanol–water partition coefficient (Wildman–Crippen LogP) is 3.40. The number of nitrogens with one attached hydrogen (secondary N) is 3. The molecule has 7 nitrogen and oxygen atoms in total. The summed E-state index contributed by atoms with van der Waals surface area (Å²) in [5.41, 5.74) is 3.17. The van der Waals surface area contributed by atoms with Crippen molar-refractivity contribution in [1.29, 1.82) is 0 Å². The van der Waals surface area contributed by atoms with Crippen LogP contribution in [-0.2, 0) is 4.74 Å². The SMILES string of the molecule is CN1CCC(OC(c2cccc(SCCNC3=NCCN3)c2)c2nc3ccccc3[nH]2)CC1. The third-order valence-corrected chi connectivity index (χ3v) is 7.14. The van der Waals surface area contributed by atoms with E-state index in [1.54, 1.807) is 0 Å². The minimum atomic E-state index is -0.207. The second-order valence-electron chi connectivity index (χ2n) is 8.66. The third kappa shape index (κ3) is 5.69. The van der Waals surface area contributed by atoms with Gasteiger partial charge in [-0.1, -0.05) is 24.3 Å². The molecule has 174 valence electrons. The lowest BCUT2D eigenvalue weighted by Crippen LogP contribution is -2.35. The lowest BCUT2D eigenvalue weighted by molar-refractivity contribution is -0.0264. The van der Waals surface area contributed by atoms with Gasteiger partial charge in [-0.3, -0.25) is 4.99 Å². The average molecular weight is 465 g/mol. The van der Waals surface area contributed by atoms with Gasteiger partial charge in [-0.05, 0) is 49.7 Å². The Morgan fingerprint density at radius 2 is 2.06 bits per heavy atom. The number of fused-ring (bicyclic) bond motifs is 1. The molecular formula is C25H32N6OS. The molecule has 33 heavy (non-hydrogen) atoms. The van der Waals surface area contributed by atoms with Crippen LogP contribution in [0.1, 0.15) is 30.3 Å². The van der Waals surface area contributed by atoms with E-state index in [0.29, 0.717) is 0 Å². The normalized spacial score (nSPS) is 18.3. The number of H-pyrrole nitrogens is 1. The van der Waals surface area contributed by atoms with E-state index in [-0.39, 0.29) is 12.2 Å². The molecule has 3 N–H and O–H groups in total. The van der Waals surface area contributed by atoms with Crippen molar-refractivity contribution in [2.75, 3.05) is 45.5 Å². The number of guanidine groups is 1. The van der Waals surface area contributed by atoms with Crippen molar-refractivity contribution in [3.05, 3.63) is 59.9 Å². The van der Waals surface area contributed by atoms with E-state index in [1.807, 2.05) is 30.0 Å². The summed E-state index contributed by atoms with van der Waals surface area (Å²) in [5, 5.41) is 6.61. The molecule has 3 heterocycles. The number of piperidine rings is 1. The summed E-state index contributed by atoms with van der Waals surface area (Å²) in [6, 6.07) is 16.9. The first kappa shape index (κ1) is 22.3. The zero-order chi connectivity index (χ0) is 22.5. The maximum atomic E-state index is 6.72. The van der Waals surface area contributed by atoms with Gasteiger partial charge in [-0.2, -0.15) is 0 Å². The summed E-state index contributed by atoms with van der Waals surface area (Å²) < 4.78 is 6.72. The highest BCUT2D eigenvalue weighted by atomic mass is 32.2. The number of likely N-dealkylation sites (tertiary alicyclic amines) is 1. The van der Waals surface area contributed by atoms with Crippen LogP contribution in [-0.4, -0.2) is 72.5 Å². The summed E-state index contributed by atoms with van der Waals surface area (Å²) in [4.78, 5) is 16.4. The molecule has 1 atom stereocenters. The van der Waals surface area contributed by atoms with Gasteiger partial charge in [0.25, 0.3) is 0 Å². The van der Waals surface area contributed by atoms with Gasteiger partial charge in [-0.25, -0.2) is 4.98 Å². The summed E-state index contributed by atoms with van der Waals surface area (Å²) >= 11 is 1.84. The smallest absolute Gasteiger partial charge is 0.191 e. The third-order valence-electron chi connectivity index (χ3n) is 6.15. The van der Waals surface area contributed by atoms with E-state index in [2.05, 4.69) is 62.9 Å². The molecule has 0 amide bonds. The van der Waals surface area contributed by atoms with Crippen LogP contribution in [0.15, 0.2) is 58.4 Å². The summed E-state index contributed by atoms with van der Waals surface area (Å²) in [7, 11) is 2.18. The van der Waals surface area contributed by atoms with E-state index in [0.717, 1.165) is 79.7 Å². The van der Waals surface area contributed by atoms with Gasteiger partial charge in [0, 0.05) is 36.8 Å². The lowest BCUT2D eigenvalue weighted by atomic mass is 10.1. The molecule has 0 radical (unpaired) electrons. The van der Waals surface area contributed by atoms with Crippen LogP contribution >= 0.6 is 11.8 Å². The van der Waals surface area contributed by atoms with E-state index in [1.165, 1.54) is 4.90 Å². The maximum Gasteiger partial charge on any atom is 0.191 e. The van der Waals surface area contributed by atoms with Gasteiger partial charge < -0.3 is 25.3 Å². The monoisotopic (exact) mass is 464 g/mol. The minimum absolute atomic E-state index is 0.207. The Hall–Kier alpha value is -2.55. The highest BCUT2D eigenvalue weighted by Gasteiger charge is 2.26. The molecule has 0 aliphatic carbocycles. The predicted molar refractivity (Wildman–Crippen MR) is 135 cm³/mol. The molecule has 1 aromatic heterocycles. The summed E-state index contributed by atoms with van der Waals surface area (Å²) in [6.45, 7) is 4.80. The fourth-order valence-corrected chi connectivity index (χ4v) is 5.17. The van der Waals surface area contributed by atoms with Crippen LogP contribution in [0.3, 0.4) is 0 Å². The number of thioether (sulfide) groups is 1. The second-order valence-corrected chi connectivity index (χ2v) is 9.83. The lowest BCUT2D eigenvalue weighted by Gasteiger charge is -2.31. The van der Waals surface area contributed by atoms with Crippen molar-refractivity contribution >= 4 is 28.8 Å². The number of rotatable bonds is 8. The van der Waals surface area contributed by atoms with Crippen molar-refractivity contribution < 1.29 is 4.74 Å². The summed E-state index contributed by atoms with van der Waals surface area (Å²) in [6.07, 6.45) is 2.12. The van der Waals surface area contributed by atoms with Crippen LogP contribution in [0.5, 0.6) is 0 Å². The first-order valence-electron chi connectivity index (χ1n) is 11.8. The fraction of sp³-hybridized carbons (Fsp3) is 0.440. The van der Waals surface area contributed by atoms with Gasteiger partial charge in [0.05, 0.1) is 23.7 Å². The molecule has 2 aromatic carbocycles. The number of benzene rings is 2. The molecule has 1 saturated heterocycles. The summed E-state index contributed by atoms with van der Waals surface area (Å²) in [5.74, 6) is 2.76. The molecular weight excluding hydrogens is 432 g/mol. The van der Waals surface area contributed by atoms with E-state index in [4.69, 9.17) is 9.72 Å². The largest absolute Gasteiger partial charge is 0.362 e. The average Bonchev–Trinajstić information content (AvgIpc) is 3.51. The van der Waals surface area contributed by atoms with Gasteiger partial charge in [-0.15, -0.1) is 11.8 Å². The van der Waals surface area contributed by atoms with Crippen LogP contribution in [0.4, 0.5) is 0 Å². The molecule has 2 aliphatic rings. The van der Waals surface area contributed by atoms with Crippen molar-refractivity contribution in [3.8, 4) is 0 Å². The maximum absolute atomic E-state index is 6.72. The minimum Gasteiger partial charge on any atom is -0.362 e. The first-order valence-corrected chi connectivity index (χ1v) is 12.8. The van der Waals surface area contributed by atoms with Crippen molar-refractivity contribution in [2.45, 2.75) is 29.9 Å². The molecule has 2 aliphatic heterocycles. The van der Waals surface area contributed by atoms with Gasteiger partial charge in [0.15, 0.2) is 5.96 Å². The number of imidazole rings is 1. The topological polar surface area (TPSA) is 77.6 Å². The highest BCUT2D eigenvalue weighted by molar-refractivity contribution is 7.99. The number of ether oxygens (including phenoxy) is 1. The number of aliphatic imine (C=N–C) groups is 1. The fourth-order valence-electron chi connectivity index (χ4n) is 4.33. The second kappa shape index (κ2) is 10.6. The Labute approximate surface area is 199 Å². The number of para-hydroxylation sites is 2. The van der Waals surface area contributed by atoms with Crippen LogP contribution in [0, 0.1) is 0 Å². The molecule has 0 spiro atoms. The first-order chi connectivity index (χ1) is 16.2. The molecule has 0 saturated carbocycles. The molecule has 5 rings (SSSR count). The number of nitrogens with zero attached hydrogens (tertiary/aromatic N) is 3. The number of hydrogen-bond acceptors (Lipinski definition) is 7. The molecule has 1 unspecified atom stereocenters. The van der Waals surface area contributed by atoms with Crippen LogP contribution in [0.2, 0.25) is 0 Å². The Morgan fingerprint density at radius 3 is 2.88 bits per heavy atom. The Kier molecular flexibility index (Phi) is 7.14. The molecule has 8 heteroatoms. The molecule has 1 fully saturated rings. The van der Waals surface area contributed by atoms with Crippen LogP contribution < -0.4 is 10.6 Å². The van der Waals surface area contributed by atoms with E-state index < -0.39 is 0 Å². The van der Waals surface area contributed by atoms with Crippen molar-refractivity contribution in [3.63, 3.8) is 0 Å². The van der Waals surface area contributed by atoms with Gasteiger partial charge in [0.2, 0.25) is 0 Å². The Bertz CT molecular complexity index is 1060. The zero-order valence-corrected chi connectivity index (χ0v) is 19.9. The Morgan fingerprint density at radius 1 is 1.18 bits per heavy atom. The van der Waals surface area contributed by atoms with E-state index >= 15 is 0 Å². The molecule has 3 aromatic rings. The zero-order valence-electron chi connectivity index (χ0n) is 19.1.